The lowest BCUT2D eigenvalue weighted by Crippen LogP contribution is -1.97. The molecule has 0 aliphatic carbocycles. The zero-order valence-electron chi connectivity index (χ0n) is 12.7. The highest BCUT2D eigenvalue weighted by molar-refractivity contribution is 7.12. The standard InChI is InChI=1S/C15H15BN2O2S/c1-7-9(3)21-10(4)13(7)15(20-16)12(6-17)14-8(2)18-11(5)19-14/h1-5H3. The Bertz CT molecular complexity index is 765. The molecule has 0 saturated carbocycles. The van der Waals surface area contributed by atoms with E-state index < -0.39 is 0 Å². The summed E-state index contributed by atoms with van der Waals surface area (Å²) in [6.07, 6.45) is 0. The second-order valence-corrected chi connectivity index (χ2v) is 6.22. The first-order valence-electron chi connectivity index (χ1n) is 6.43. The first-order valence-corrected chi connectivity index (χ1v) is 7.24. The molecule has 4 nitrogen and oxygen atoms in total. The summed E-state index contributed by atoms with van der Waals surface area (Å²) in [5.74, 6) is 1.23. The van der Waals surface area contributed by atoms with Crippen molar-refractivity contribution in [3.8, 4) is 6.07 Å². The molecule has 0 saturated heterocycles. The smallest absolute Gasteiger partial charge is 0.374 e. The topological polar surface area (TPSA) is 59.0 Å². The Hall–Kier alpha value is -2.00. The van der Waals surface area contributed by atoms with Crippen molar-refractivity contribution >= 4 is 30.7 Å². The molecule has 0 atom stereocenters. The summed E-state index contributed by atoms with van der Waals surface area (Å²) < 4.78 is 10.6. The molecule has 2 heterocycles. The average molecular weight is 298 g/mol. The number of aryl methyl sites for hydroxylation is 4. The Morgan fingerprint density at radius 3 is 2.29 bits per heavy atom. The van der Waals surface area contributed by atoms with Crippen LogP contribution in [0.3, 0.4) is 0 Å². The van der Waals surface area contributed by atoms with Gasteiger partial charge in [-0.15, -0.1) is 11.3 Å². The van der Waals surface area contributed by atoms with Crippen LogP contribution in [0.25, 0.3) is 11.3 Å². The highest BCUT2D eigenvalue weighted by Gasteiger charge is 2.23. The number of thiophene rings is 1. The monoisotopic (exact) mass is 298 g/mol. The van der Waals surface area contributed by atoms with Crippen LogP contribution in [-0.2, 0) is 4.65 Å². The number of allylic oxidation sites excluding steroid dienone is 1. The van der Waals surface area contributed by atoms with Gasteiger partial charge in [0.1, 0.15) is 17.4 Å². The van der Waals surface area contributed by atoms with Crippen LogP contribution in [-0.4, -0.2) is 13.0 Å². The molecule has 0 spiro atoms. The highest BCUT2D eigenvalue weighted by Crippen LogP contribution is 2.37. The van der Waals surface area contributed by atoms with E-state index in [1.165, 1.54) is 4.88 Å². The van der Waals surface area contributed by atoms with Crippen LogP contribution in [0.15, 0.2) is 4.42 Å². The van der Waals surface area contributed by atoms with Crippen molar-refractivity contribution in [3.05, 3.63) is 38.2 Å². The van der Waals surface area contributed by atoms with Gasteiger partial charge >= 0.3 is 8.05 Å². The quantitative estimate of drug-likeness (QED) is 0.491. The summed E-state index contributed by atoms with van der Waals surface area (Å²) in [6, 6.07) is 2.13. The fourth-order valence-electron chi connectivity index (χ4n) is 2.34. The SMILES string of the molecule is [B]OC(=C(C#N)c1oc(C)nc1C)c1c(C)sc(C)c1C. The van der Waals surface area contributed by atoms with Crippen LogP contribution < -0.4 is 0 Å². The van der Waals surface area contributed by atoms with E-state index in [0.717, 1.165) is 16.0 Å². The lowest BCUT2D eigenvalue weighted by molar-refractivity contribution is 0.507. The summed E-state index contributed by atoms with van der Waals surface area (Å²) in [4.78, 5) is 6.41. The van der Waals surface area contributed by atoms with E-state index in [4.69, 9.17) is 17.1 Å². The number of hydrogen-bond acceptors (Lipinski definition) is 5. The molecule has 0 unspecified atom stereocenters. The van der Waals surface area contributed by atoms with Crippen molar-refractivity contribution < 1.29 is 9.07 Å². The van der Waals surface area contributed by atoms with Gasteiger partial charge in [0.05, 0.1) is 5.69 Å². The number of aromatic nitrogens is 1. The van der Waals surface area contributed by atoms with Crippen LogP contribution in [0.2, 0.25) is 0 Å². The van der Waals surface area contributed by atoms with E-state index in [1.54, 1.807) is 25.2 Å². The molecular weight excluding hydrogens is 283 g/mol. The molecule has 0 N–H and O–H groups in total. The van der Waals surface area contributed by atoms with Crippen LogP contribution in [0.1, 0.15) is 38.2 Å². The summed E-state index contributed by atoms with van der Waals surface area (Å²) in [5.41, 5.74) is 2.81. The summed E-state index contributed by atoms with van der Waals surface area (Å²) in [5, 5.41) is 9.54. The minimum absolute atomic E-state index is 0.264. The predicted octanol–water partition coefficient (Wildman–Crippen LogP) is 3.77. The molecule has 2 aromatic rings. The van der Waals surface area contributed by atoms with E-state index >= 15 is 0 Å². The van der Waals surface area contributed by atoms with Crippen molar-refractivity contribution in [1.29, 1.82) is 5.26 Å². The molecule has 2 rings (SSSR count). The molecule has 0 aliphatic rings. The Balaban J connectivity index is 2.77. The Morgan fingerprint density at radius 1 is 1.24 bits per heavy atom. The van der Waals surface area contributed by atoms with Crippen molar-refractivity contribution in [2.45, 2.75) is 34.6 Å². The van der Waals surface area contributed by atoms with Crippen LogP contribution in [0.4, 0.5) is 0 Å². The summed E-state index contributed by atoms with van der Waals surface area (Å²) in [6.45, 7) is 9.52. The number of oxazole rings is 1. The molecule has 21 heavy (non-hydrogen) atoms. The molecule has 0 fully saturated rings. The van der Waals surface area contributed by atoms with Crippen molar-refractivity contribution in [2.24, 2.45) is 0 Å². The van der Waals surface area contributed by atoms with Gasteiger partial charge in [-0.25, -0.2) is 4.98 Å². The lowest BCUT2D eigenvalue weighted by atomic mass is 10.0. The van der Waals surface area contributed by atoms with Gasteiger partial charge in [-0.1, -0.05) is 0 Å². The molecule has 0 aliphatic heterocycles. The average Bonchev–Trinajstić information content (AvgIpc) is 2.88. The molecule has 106 valence electrons. The van der Waals surface area contributed by atoms with E-state index in [1.807, 2.05) is 20.8 Å². The predicted molar refractivity (Wildman–Crippen MR) is 83.8 cm³/mol. The number of rotatable bonds is 3. The maximum absolute atomic E-state index is 9.54. The molecule has 0 aromatic carbocycles. The molecule has 2 aromatic heterocycles. The Labute approximate surface area is 129 Å². The second kappa shape index (κ2) is 5.78. The zero-order valence-corrected chi connectivity index (χ0v) is 13.5. The first-order chi connectivity index (χ1) is 9.90. The third-order valence-corrected chi connectivity index (χ3v) is 4.50. The van der Waals surface area contributed by atoms with Crippen LogP contribution >= 0.6 is 11.3 Å². The second-order valence-electron chi connectivity index (χ2n) is 4.80. The van der Waals surface area contributed by atoms with Gasteiger partial charge in [-0.3, -0.25) is 0 Å². The number of nitrogens with zero attached hydrogens (tertiary/aromatic N) is 2. The molecule has 2 radical (unpaired) electrons. The van der Waals surface area contributed by atoms with Crippen LogP contribution in [0.5, 0.6) is 0 Å². The number of nitriles is 1. The maximum Gasteiger partial charge on any atom is 0.374 e. The first kappa shape index (κ1) is 15.4. The van der Waals surface area contributed by atoms with Crippen molar-refractivity contribution in [2.75, 3.05) is 0 Å². The van der Waals surface area contributed by atoms with Gasteiger partial charge < -0.3 is 9.07 Å². The summed E-state index contributed by atoms with van der Waals surface area (Å²) >= 11 is 1.65. The Morgan fingerprint density at radius 2 is 1.90 bits per heavy atom. The molecule has 0 amide bonds. The minimum atomic E-state index is 0.264. The van der Waals surface area contributed by atoms with Crippen LogP contribution in [0, 0.1) is 45.9 Å². The van der Waals surface area contributed by atoms with E-state index in [-0.39, 0.29) is 5.57 Å². The molecular formula is C15H15BN2O2S. The van der Waals surface area contributed by atoms with Gasteiger partial charge in [0.2, 0.25) is 0 Å². The van der Waals surface area contributed by atoms with E-state index in [9.17, 15) is 5.26 Å². The largest absolute Gasteiger partial charge is 0.566 e. The molecule has 0 bridgehead atoms. The van der Waals surface area contributed by atoms with Crippen molar-refractivity contribution in [3.63, 3.8) is 0 Å². The van der Waals surface area contributed by atoms with E-state index in [2.05, 4.69) is 11.1 Å². The minimum Gasteiger partial charge on any atom is -0.566 e. The zero-order chi connectivity index (χ0) is 15.7. The highest BCUT2D eigenvalue weighted by atomic mass is 32.1. The van der Waals surface area contributed by atoms with E-state index in [0.29, 0.717) is 23.1 Å². The normalized spacial score (nSPS) is 12.0. The van der Waals surface area contributed by atoms with Gasteiger partial charge in [-0.05, 0) is 33.3 Å². The van der Waals surface area contributed by atoms with Gasteiger partial charge in [0, 0.05) is 22.2 Å². The van der Waals surface area contributed by atoms with Gasteiger partial charge in [0.15, 0.2) is 11.7 Å². The van der Waals surface area contributed by atoms with Gasteiger partial charge in [-0.2, -0.15) is 5.26 Å². The summed E-state index contributed by atoms with van der Waals surface area (Å²) in [7, 11) is 5.46. The number of hydrogen-bond donors (Lipinski definition) is 0. The third-order valence-electron chi connectivity index (χ3n) is 3.38. The lowest BCUT2D eigenvalue weighted by Gasteiger charge is -2.11. The van der Waals surface area contributed by atoms with Gasteiger partial charge in [0.25, 0.3) is 0 Å². The maximum atomic E-state index is 9.54. The van der Waals surface area contributed by atoms with Crippen molar-refractivity contribution in [1.82, 2.24) is 4.98 Å². The third kappa shape index (κ3) is 2.61. The molecule has 6 heteroatoms. The fourth-order valence-corrected chi connectivity index (χ4v) is 3.40. The Kier molecular flexibility index (Phi) is 4.24. The fraction of sp³-hybridized carbons (Fsp3) is 0.333.